The maximum atomic E-state index is 4.61. The van der Waals surface area contributed by atoms with Crippen LogP contribution in [0.5, 0.6) is 0 Å². The summed E-state index contributed by atoms with van der Waals surface area (Å²) in [4.78, 5) is 13.5. The molecule has 0 atom stereocenters. The number of aromatic nitrogens is 7. The standard InChI is InChI=1S/C25H19N7/c1-16-6-10-18(11-7-16)22-14-26-24(31-29-22)20-4-3-5-21(28-20)25-27-15-23(30-32-25)19-12-8-17(2)9-13-19/h3-15H,1-2H3. The van der Waals surface area contributed by atoms with Crippen molar-refractivity contribution in [3.05, 3.63) is 90.3 Å². The van der Waals surface area contributed by atoms with Gasteiger partial charge in [0.2, 0.25) is 0 Å². The van der Waals surface area contributed by atoms with Crippen LogP contribution in [-0.2, 0) is 0 Å². The molecule has 7 heteroatoms. The third-order valence-corrected chi connectivity index (χ3v) is 5.03. The smallest absolute Gasteiger partial charge is 0.200 e. The molecule has 0 fully saturated rings. The van der Waals surface area contributed by atoms with Crippen molar-refractivity contribution in [1.29, 1.82) is 0 Å². The van der Waals surface area contributed by atoms with Crippen LogP contribution in [0.25, 0.3) is 45.6 Å². The van der Waals surface area contributed by atoms with Crippen LogP contribution in [-0.4, -0.2) is 35.3 Å². The van der Waals surface area contributed by atoms with E-state index in [0.29, 0.717) is 34.4 Å². The molecule has 0 bridgehead atoms. The fourth-order valence-corrected chi connectivity index (χ4v) is 3.18. The molecule has 0 saturated carbocycles. The van der Waals surface area contributed by atoms with Gasteiger partial charge < -0.3 is 0 Å². The van der Waals surface area contributed by atoms with E-state index in [4.69, 9.17) is 0 Å². The molecule has 0 saturated heterocycles. The van der Waals surface area contributed by atoms with E-state index in [2.05, 4.69) is 35.3 Å². The van der Waals surface area contributed by atoms with Gasteiger partial charge in [0, 0.05) is 11.1 Å². The predicted molar refractivity (Wildman–Crippen MR) is 122 cm³/mol. The van der Waals surface area contributed by atoms with Crippen LogP contribution in [0.3, 0.4) is 0 Å². The van der Waals surface area contributed by atoms with Crippen LogP contribution in [0, 0.1) is 13.8 Å². The number of pyridine rings is 1. The lowest BCUT2D eigenvalue weighted by molar-refractivity contribution is 0.964. The fraction of sp³-hybridized carbons (Fsp3) is 0.0800. The topological polar surface area (TPSA) is 90.2 Å². The molecule has 3 heterocycles. The Bertz CT molecular complexity index is 1240. The first kappa shape index (κ1) is 19.6. The molecule has 0 unspecified atom stereocenters. The zero-order chi connectivity index (χ0) is 21.9. The first-order valence-corrected chi connectivity index (χ1v) is 10.2. The highest BCUT2D eigenvalue weighted by Crippen LogP contribution is 2.21. The van der Waals surface area contributed by atoms with Crippen LogP contribution in [0.4, 0.5) is 0 Å². The Balaban J connectivity index is 1.39. The minimum Gasteiger partial charge on any atom is -0.241 e. The first-order chi connectivity index (χ1) is 15.7. The third-order valence-electron chi connectivity index (χ3n) is 5.03. The van der Waals surface area contributed by atoms with Crippen molar-refractivity contribution in [1.82, 2.24) is 35.3 Å². The van der Waals surface area contributed by atoms with Gasteiger partial charge in [0.05, 0.1) is 12.4 Å². The summed E-state index contributed by atoms with van der Waals surface area (Å²) in [7, 11) is 0. The monoisotopic (exact) mass is 417 g/mol. The average Bonchev–Trinajstić information content (AvgIpc) is 2.85. The molecule has 3 aromatic heterocycles. The molecule has 32 heavy (non-hydrogen) atoms. The molecule has 154 valence electrons. The zero-order valence-corrected chi connectivity index (χ0v) is 17.6. The van der Waals surface area contributed by atoms with Crippen molar-refractivity contribution in [3.8, 4) is 45.6 Å². The second-order valence-corrected chi connectivity index (χ2v) is 7.47. The van der Waals surface area contributed by atoms with Gasteiger partial charge in [0.15, 0.2) is 11.6 Å². The molecule has 5 aromatic rings. The second kappa shape index (κ2) is 8.39. The van der Waals surface area contributed by atoms with E-state index in [-0.39, 0.29) is 0 Å². The van der Waals surface area contributed by atoms with Crippen molar-refractivity contribution >= 4 is 0 Å². The summed E-state index contributed by atoms with van der Waals surface area (Å²) in [6, 6.07) is 21.7. The number of nitrogens with zero attached hydrogens (tertiary/aromatic N) is 7. The molecule has 5 rings (SSSR count). The van der Waals surface area contributed by atoms with E-state index in [9.17, 15) is 0 Å². The Morgan fingerprint density at radius 3 is 1.28 bits per heavy atom. The highest BCUT2D eigenvalue weighted by Gasteiger charge is 2.10. The van der Waals surface area contributed by atoms with Crippen LogP contribution in [0.1, 0.15) is 11.1 Å². The SMILES string of the molecule is Cc1ccc(-c2cnc(-c3cccc(-c4ncc(-c5ccc(C)cc5)nn4)n3)nn2)cc1. The summed E-state index contributed by atoms with van der Waals surface area (Å²) in [6.07, 6.45) is 3.41. The minimum atomic E-state index is 0.437. The number of hydrogen-bond acceptors (Lipinski definition) is 7. The van der Waals surface area contributed by atoms with Gasteiger partial charge in [0.25, 0.3) is 0 Å². The van der Waals surface area contributed by atoms with Crippen molar-refractivity contribution < 1.29 is 0 Å². The quantitative estimate of drug-likeness (QED) is 0.417. The molecule has 0 amide bonds. The Labute approximate surface area is 185 Å². The lowest BCUT2D eigenvalue weighted by Gasteiger charge is -2.05. The molecule has 0 N–H and O–H groups in total. The van der Waals surface area contributed by atoms with Gasteiger partial charge in [-0.2, -0.15) is 0 Å². The first-order valence-electron chi connectivity index (χ1n) is 10.2. The Kier molecular flexibility index (Phi) is 5.13. The van der Waals surface area contributed by atoms with Gasteiger partial charge in [-0.15, -0.1) is 20.4 Å². The number of hydrogen-bond donors (Lipinski definition) is 0. The Hall–Kier alpha value is -4.39. The van der Waals surface area contributed by atoms with Crippen LogP contribution in [0.15, 0.2) is 79.1 Å². The van der Waals surface area contributed by atoms with Crippen LogP contribution < -0.4 is 0 Å². The van der Waals surface area contributed by atoms with E-state index >= 15 is 0 Å². The van der Waals surface area contributed by atoms with Gasteiger partial charge in [-0.05, 0) is 26.0 Å². The molecule has 0 radical (unpaired) electrons. The van der Waals surface area contributed by atoms with Crippen molar-refractivity contribution in [2.24, 2.45) is 0 Å². The summed E-state index contributed by atoms with van der Waals surface area (Å²) in [6.45, 7) is 4.09. The largest absolute Gasteiger partial charge is 0.241 e. The van der Waals surface area contributed by atoms with Crippen LogP contribution in [0.2, 0.25) is 0 Å². The Morgan fingerprint density at radius 1 is 0.469 bits per heavy atom. The molecule has 0 aliphatic rings. The molecule has 0 aliphatic carbocycles. The van der Waals surface area contributed by atoms with E-state index in [1.165, 1.54) is 11.1 Å². The predicted octanol–water partition coefficient (Wildman–Crippen LogP) is 4.74. The lowest BCUT2D eigenvalue weighted by atomic mass is 10.1. The van der Waals surface area contributed by atoms with Gasteiger partial charge >= 0.3 is 0 Å². The van der Waals surface area contributed by atoms with E-state index in [0.717, 1.165) is 11.1 Å². The Morgan fingerprint density at radius 2 is 0.906 bits per heavy atom. The van der Waals surface area contributed by atoms with E-state index in [1.54, 1.807) is 12.4 Å². The van der Waals surface area contributed by atoms with Crippen molar-refractivity contribution in [3.63, 3.8) is 0 Å². The molecular weight excluding hydrogens is 398 g/mol. The highest BCUT2D eigenvalue weighted by molar-refractivity contribution is 5.62. The molecule has 0 spiro atoms. The fourth-order valence-electron chi connectivity index (χ4n) is 3.18. The number of rotatable bonds is 4. The highest BCUT2D eigenvalue weighted by atomic mass is 15.2. The number of aryl methyl sites for hydroxylation is 2. The normalized spacial score (nSPS) is 10.8. The van der Waals surface area contributed by atoms with E-state index in [1.807, 2.05) is 80.6 Å². The summed E-state index contributed by atoms with van der Waals surface area (Å²) in [5, 5.41) is 17.2. The van der Waals surface area contributed by atoms with Gasteiger partial charge in [-0.3, -0.25) is 0 Å². The van der Waals surface area contributed by atoms with Crippen LogP contribution >= 0.6 is 0 Å². The van der Waals surface area contributed by atoms with Crippen molar-refractivity contribution in [2.45, 2.75) is 13.8 Å². The third kappa shape index (κ3) is 4.09. The summed E-state index contributed by atoms with van der Waals surface area (Å²) in [5.74, 6) is 0.874. The van der Waals surface area contributed by atoms with Crippen molar-refractivity contribution in [2.75, 3.05) is 0 Å². The zero-order valence-electron chi connectivity index (χ0n) is 17.6. The molecule has 7 nitrogen and oxygen atoms in total. The summed E-state index contributed by atoms with van der Waals surface area (Å²) < 4.78 is 0. The maximum Gasteiger partial charge on any atom is 0.200 e. The van der Waals surface area contributed by atoms with Gasteiger partial charge in [0.1, 0.15) is 22.8 Å². The number of benzene rings is 2. The molecule has 2 aromatic carbocycles. The summed E-state index contributed by atoms with van der Waals surface area (Å²) >= 11 is 0. The second-order valence-electron chi connectivity index (χ2n) is 7.47. The maximum absolute atomic E-state index is 4.61. The summed E-state index contributed by atoms with van der Waals surface area (Å²) in [5.41, 5.74) is 6.93. The molecule has 0 aliphatic heterocycles. The van der Waals surface area contributed by atoms with E-state index < -0.39 is 0 Å². The lowest BCUT2D eigenvalue weighted by Crippen LogP contribution is -1.99. The molecular formula is C25H19N7. The van der Waals surface area contributed by atoms with Gasteiger partial charge in [-0.25, -0.2) is 15.0 Å². The van der Waals surface area contributed by atoms with Gasteiger partial charge in [-0.1, -0.05) is 65.7 Å². The minimum absolute atomic E-state index is 0.437. The average molecular weight is 417 g/mol.